The predicted molar refractivity (Wildman–Crippen MR) is 84.7 cm³/mol. The van der Waals surface area contributed by atoms with E-state index < -0.39 is 0 Å². The van der Waals surface area contributed by atoms with Crippen LogP contribution in [0.5, 0.6) is 5.75 Å². The highest BCUT2D eigenvalue weighted by molar-refractivity contribution is 6.18. The molecule has 2 rings (SSSR count). The van der Waals surface area contributed by atoms with Gasteiger partial charge in [0.15, 0.2) is 11.6 Å². The summed E-state index contributed by atoms with van der Waals surface area (Å²) >= 11 is 6.09. The average molecular weight is 297 g/mol. The fourth-order valence-corrected chi connectivity index (χ4v) is 3.26. The van der Waals surface area contributed by atoms with E-state index in [1.165, 1.54) is 25.7 Å². The molecule has 0 saturated heterocycles. The summed E-state index contributed by atoms with van der Waals surface area (Å²) in [5.74, 6) is 3.73. The Bertz CT molecular complexity index is 411. The monoisotopic (exact) mass is 296 g/mol. The Morgan fingerprint density at radius 1 is 1.35 bits per heavy atom. The lowest BCUT2D eigenvalue weighted by Gasteiger charge is -2.30. The van der Waals surface area contributed by atoms with Crippen LogP contribution in [0.1, 0.15) is 39.5 Å². The lowest BCUT2D eigenvalue weighted by molar-refractivity contribution is 0.242. The second kappa shape index (κ2) is 7.72. The van der Waals surface area contributed by atoms with E-state index in [2.05, 4.69) is 10.3 Å². The normalized spacial score (nSPS) is 22.8. The third kappa shape index (κ3) is 4.27. The Kier molecular flexibility index (Phi) is 5.96. The summed E-state index contributed by atoms with van der Waals surface area (Å²) in [7, 11) is 0. The summed E-state index contributed by atoms with van der Waals surface area (Å²) < 4.78 is 5.79. The van der Waals surface area contributed by atoms with Crippen molar-refractivity contribution < 1.29 is 4.74 Å². The number of anilines is 1. The smallest absolute Gasteiger partial charge is 0.168 e. The zero-order valence-corrected chi connectivity index (χ0v) is 13.2. The van der Waals surface area contributed by atoms with Crippen molar-refractivity contribution in [2.45, 2.75) is 45.6 Å². The van der Waals surface area contributed by atoms with Crippen molar-refractivity contribution in [2.24, 2.45) is 11.8 Å². The molecular formula is C16H25ClN2O. The van der Waals surface area contributed by atoms with E-state index in [-0.39, 0.29) is 6.10 Å². The maximum atomic E-state index is 6.09. The zero-order valence-electron chi connectivity index (χ0n) is 12.4. The Morgan fingerprint density at radius 2 is 2.10 bits per heavy atom. The molecule has 3 nitrogen and oxygen atoms in total. The summed E-state index contributed by atoms with van der Waals surface area (Å²) in [6, 6.07) is 3.88. The minimum Gasteiger partial charge on any atom is -0.487 e. The van der Waals surface area contributed by atoms with Crippen LogP contribution in [0.15, 0.2) is 18.3 Å². The number of hydrogen-bond acceptors (Lipinski definition) is 3. The van der Waals surface area contributed by atoms with Crippen molar-refractivity contribution in [3.05, 3.63) is 18.3 Å². The van der Waals surface area contributed by atoms with E-state index >= 15 is 0 Å². The van der Waals surface area contributed by atoms with Gasteiger partial charge in [-0.2, -0.15) is 0 Å². The number of rotatable bonds is 6. The number of alkyl halides is 1. The van der Waals surface area contributed by atoms with Crippen LogP contribution < -0.4 is 10.1 Å². The van der Waals surface area contributed by atoms with Crippen molar-refractivity contribution >= 4 is 17.4 Å². The Balaban J connectivity index is 1.96. The minimum atomic E-state index is 0.157. The van der Waals surface area contributed by atoms with Gasteiger partial charge in [-0.25, -0.2) is 4.98 Å². The number of pyridine rings is 1. The summed E-state index contributed by atoms with van der Waals surface area (Å²) in [6.45, 7) is 4.99. The van der Waals surface area contributed by atoms with E-state index in [1.807, 2.05) is 26.0 Å². The molecule has 1 saturated carbocycles. The van der Waals surface area contributed by atoms with Gasteiger partial charge in [-0.05, 0) is 50.7 Å². The summed E-state index contributed by atoms with van der Waals surface area (Å²) in [5, 5.41) is 3.46. The van der Waals surface area contributed by atoms with Crippen molar-refractivity contribution in [1.82, 2.24) is 4.98 Å². The Hall–Kier alpha value is -0.960. The molecule has 1 aliphatic rings. The molecule has 4 heteroatoms. The van der Waals surface area contributed by atoms with E-state index in [4.69, 9.17) is 16.3 Å². The molecule has 2 atom stereocenters. The minimum absolute atomic E-state index is 0.157. The second-order valence-corrected chi connectivity index (χ2v) is 6.17. The highest BCUT2D eigenvalue weighted by atomic mass is 35.5. The van der Waals surface area contributed by atoms with E-state index in [0.717, 1.165) is 24.0 Å². The molecule has 112 valence electrons. The molecule has 2 unspecified atom stereocenters. The molecule has 0 radical (unpaired) electrons. The molecule has 1 N–H and O–H groups in total. The van der Waals surface area contributed by atoms with Crippen LogP contribution in [0.25, 0.3) is 0 Å². The maximum absolute atomic E-state index is 6.09. The summed E-state index contributed by atoms with van der Waals surface area (Å²) in [6.07, 6.45) is 7.11. The third-order valence-corrected chi connectivity index (χ3v) is 4.33. The van der Waals surface area contributed by atoms with Gasteiger partial charge in [0.25, 0.3) is 0 Å². The topological polar surface area (TPSA) is 34.1 Å². The number of nitrogens with zero attached hydrogens (tertiary/aromatic N) is 1. The van der Waals surface area contributed by atoms with Gasteiger partial charge in [-0.1, -0.05) is 12.8 Å². The fraction of sp³-hybridized carbons (Fsp3) is 0.688. The fourth-order valence-electron chi connectivity index (χ4n) is 2.86. The van der Waals surface area contributed by atoms with Crippen LogP contribution in [0.4, 0.5) is 5.82 Å². The van der Waals surface area contributed by atoms with Crippen molar-refractivity contribution in [3.63, 3.8) is 0 Å². The molecule has 1 fully saturated rings. The predicted octanol–water partition coefficient (Wildman–Crippen LogP) is 4.33. The lowest BCUT2D eigenvalue weighted by atomic mass is 9.80. The number of hydrogen-bond donors (Lipinski definition) is 1. The van der Waals surface area contributed by atoms with Gasteiger partial charge in [0, 0.05) is 18.6 Å². The van der Waals surface area contributed by atoms with Crippen molar-refractivity contribution in [3.8, 4) is 5.75 Å². The van der Waals surface area contributed by atoms with Crippen molar-refractivity contribution in [1.29, 1.82) is 0 Å². The van der Waals surface area contributed by atoms with Gasteiger partial charge in [0.05, 0.1) is 6.10 Å². The molecule has 0 aliphatic heterocycles. The first kappa shape index (κ1) is 15.4. The SMILES string of the molecule is CC(C)Oc1cccnc1NCC1CCCCC1CCl. The number of halogens is 1. The van der Waals surface area contributed by atoms with E-state index in [1.54, 1.807) is 6.20 Å². The first-order valence-electron chi connectivity index (χ1n) is 7.62. The highest BCUT2D eigenvalue weighted by Crippen LogP contribution is 2.32. The standard InChI is InChI=1S/C16H25ClN2O/c1-12(2)20-15-8-5-9-18-16(15)19-11-14-7-4-3-6-13(14)10-17/h5,8-9,12-14H,3-4,6-7,10-11H2,1-2H3,(H,18,19). The van der Waals surface area contributed by atoms with Crippen LogP contribution in [-0.2, 0) is 0 Å². The Labute approximate surface area is 127 Å². The van der Waals surface area contributed by atoms with E-state index in [9.17, 15) is 0 Å². The van der Waals surface area contributed by atoms with Gasteiger partial charge in [-0.3, -0.25) is 0 Å². The van der Waals surface area contributed by atoms with E-state index in [0.29, 0.717) is 11.8 Å². The van der Waals surface area contributed by atoms with Gasteiger partial charge in [0.1, 0.15) is 0 Å². The quantitative estimate of drug-likeness (QED) is 0.794. The molecule has 20 heavy (non-hydrogen) atoms. The second-order valence-electron chi connectivity index (χ2n) is 5.86. The summed E-state index contributed by atoms with van der Waals surface area (Å²) in [5.41, 5.74) is 0. The molecule has 1 aromatic heterocycles. The number of nitrogens with one attached hydrogen (secondary N) is 1. The molecule has 0 aromatic carbocycles. The molecule has 0 spiro atoms. The van der Waals surface area contributed by atoms with Gasteiger partial charge >= 0.3 is 0 Å². The molecule has 1 aliphatic carbocycles. The average Bonchev–Trinajstić information content (AvgIpc) is 2.46. The maximum Gasteiger partial charge on any atom is 0.168 e. The molecule has 1 heterocycles. The summed E-state index contributed by atoms with van der Waals surface area (Å²) in [4.78, 5) is 4.40. The first-order valence-corrected chi connectivity index (χ1v) is 8.15. The number of ether oxygens (including phenoxy) is 1. The van der Waals surface area contributed by atoms with Gasteiger partial charge in [0.2, 0.25) is 0 Å². The van der Waals surface area contributed by atoms with Crippen LogP contribution in [0.3, 0.4) is 0 Å². The van der Waals surface area contributed by atoms with Crippen molar-refractivity contribution in [2.75, 3.05) is 17.7 Å². The first-order chi connectivity index (χ1) is 9.70. The van der Waals surface area contributed by atoms with Crippen LogP contribution >= 0.6 is 11.6 Å². The van der Waals surface area contributed by atoms with Crippen LogP contribution in [-0.4, -0.2) is 23.5 Å². The van der Waals surface area contributed by atoms with Gasteiger partial charge in [-0.15, -0.1) is 11.6 Å². The lowest BCUT2D eigenvalue weighted by Crippen LogP contribution is -2.27. The largest absolute Gasteiger partial charge is 0.487 e. The molecule has 0 amide bonds. The third-order valence-electron chi connectivity index (χ3n) is 3.93. The molecule has 1 aromatic rings. The van der Waals surface area contributed by atoms with Crippen LogP contribution in [0, 0.1) is 11.8 Å². The molecular weight excluding hydrogens is 272 g/mol. The van der Waals surface area contributed by atoms with Crippen LogP contribution in [0.2, 0.25) is 0 Å². The highest BCUT2D eigenvalue weighted by Gasteiger charge is 2.24. The number of aromatic nitrogens is 1. The molecule has 0 bridgehead atoms. The van der Waals surface area contributed by atoms with Gasteiger partial charge < -0.3 is 10.1 Å². The Morgan fingerprint density at radius 3 is 2.80 bits per heavy atom. The zero-order chi connectivity index (χ0) is 14.4.